The Hall–Kier alpha value is -2.35. The van der Waals surface area contributed by atoms with Crippen molar-refractivity contribution < 1.29 is 13.2 Å². The number of nitrogens with zero attached hydrogens (tertiary/aromatic N) is 3. The van der Waals surface area contributed by atoms with Gasteiger partial charge in [0.05, 0.1) is 23.9 Å². The molecule has 0 saturated carbocycles. The highest BCUT2D eigenvalue weighted by molar-refractivity contribution is 7.92. The number of benzene rings is 1. The Balaban J connectivity index is 1.66. The Morgan fingerprint density at radius 1 is 1.15 bits per heavy atom. The van der Waals surface area contributed by atoms with Gasteiger partial charge in [-0.3, -0.25) is 9.71 Å². The lowest BCUT2D eigenvalue weighted by Gasteiger charge is -2.16. The summed E-state index contributed by atoms with van der Waals surface area (Å²) < 4.78 is 33.4. The Morgan fingerprint density at radius 3 is 2.52 bits per heavy atom. The van der Waals surface area contributed by atoms with Crippen LogP contribution in [0.5, 0.6) is 5.75 Å². The number of ether oxygens (including phenoxy) is 1. The summed E-state index contributed by atoms with van der Waals surface area (Å²) in [7, 11) is -3.73. The van der Waals surface area contributed by atoms with E-state index in [4.69, 9.17) is 4.74 Å². The first-order chi connectivity index (χ1) is 12.9. The van der Waals surface area contributed by atoms with Gasteiger partial charge in [0.15, 0.2) is 5.82 Å². The molecular formula is C19H26N4O3S. The summed E-state index contributed by atoms with van der Waals surface area (Å²) in [6.07, 6.45) is 6.26. The van der Waals surface area contributed by atoms with Gasteiger partial charge in [-0.25, -0.2) is 13.4 Å². The van der Waals surface area contributed by atoms with E-state index in [1.165, 1.54) is 18.3 Å². The summed E-state index contributed by atoms with van der Waals surface area (Å²) in [5.41, 5.74) is 0. The quantitative estimate of drug-likeness (QED) is 0.744. The third-order valence-electron chi connectivity index (χ3n) is 4.39. The van der Waals surface area contributed by atoms with E-state index in [0.717, 1.165) is 32.4 Å². The number of rotatable bonds is 8. The molecule has 1 saturated heterocycles. The number of hydrogen-bond acceptors (Lipinski definition) is 6. The van der Waals surface area contributed by atoms with E-state index in [1.807, 2.05) is 0 Å². The molecule has 0 spiro atoms. The van der Waals surface area contributed by atoms with Crippen LogP contribution in [0.15, 0.2) is 41.6 Å². The smallest absolute Gasteiger partial charge is 0.263 e. The molecule has 1 N–H and O–H groups in total. The number of aromatic nitrogens is 2. The van der Waals surface area contributed by atoms with E-state index < -0.39 is 10.0 Å². The van der Waals surface area contributed by atoms with Crippen LogP contribution in [0.25, 0.3) is 0 Å². The van der Waals surface area contributed by atoms with Crippen molar-refractivity contribution in [2.24, 2.45) is 5.92 Å². The summed E-state index contributed by atoms with van der Waals surface area (Å²) in [6, 6.07) is 6.40. The van der Waals surface area contributed by atoms with E-state index in [0.29, 0.717) is 24.1 Å². The van der Waals surface area contributed by atoms with Crippen LogP contribution in [0.3, 0.4) is 0 Å². The van der Waals surface area contributed by atoms with Gasteiger partial charge in [0.2, 0.25) is 0 Å². The van der Waals surface area contributed by atoms with Crippen molar-refractivity contribution in [2.45, 2.75) is 38.0 Å². The molecule has 1 aliphatic heterocycles. The predicted octanol–water partition coefficient (Wildman–Crippen LogP) is 3.30. The predicted molar refractivity (Wildman–Crippen MR) is 106 cm³/mol. The highest BCUT2D eigenvalue weighted by atomic mass is 32.2. The van der Waals surface area contributed by atoms with E-state index >= 15 is 0 Å². The van der Waals surface area contributed by atoms with Crippen molar-refractivity contribution >= 4 is 21.7 Å². The van der Waals surface area contributed by atoms with Gasteiger partial charge < -0.3 is 9.64 Å². The molecule has 1 fully saturated rings. The lowest BCUT2D eigenvalue weighted by molar-refractivity contribution is 0.289. The topological polar surface area (TPSA) is 84.4 Å². The van der Waals surface area contributed by atoms with Crippen LogP contribution in [0.2, 0.25) is 0 Å². The monoisotopic (exact) mass is 390 g/mol. The van der Waals surface area contributed by atoms with Crippen LogP contribution in [-0.2, 0) is 10.0 Å². The van der Waals surface area contributed by atoms with Crippen LogP contribution >= 0.6 is 0 Å². The first kappa shape index (κ1) is 19.4. The van der Waals surface area contributed by atoms with E-state index in [9.17, 15) is 8.42 Å². The van der Waals surface area contributed by atoms with E-state index in [2.05, 4.69) is 33.4 Å². The summed E-state index contributed by atoms with van der Waals surface area (Å²) >= 11 is 0. The first-order valence-electron chi connectivity index (χ1n) is 9.27. The molecule has 0 bridgehead atoms. The standard InChI is InChI=1S/C19H26N4O3S/c1-15(2)9-12-26-16-5-7-17(8-6-16)27(24,25)22-18-13-20-14-19(21-18)23-10-3-4-11-23/h5-8,13-15H,3-4,9-12H2,1-2H3,(H,21,22). The lowest BCUT2D eigenvalue weighted by atomic mass is 10.1. The Bertz CT molecular complexity index is 848. The minimum atomic E-state index is -3.73. The first-order valence-corrected chi connectivity index (χ1v) is 10.7. The molecule has 1 aromatic heterocycles. The number of anilines is 2. The maximum atomic E-state index is 12.6. The average molecular weight is 391 g/mol. The SMILES string of the molecule is CC(C)CCOc1ccc(S(=O)(=O)Nc2cncc(N3CCCC3)n2)cc1. The van der Waals surface area contributed by atoms with Gasteiger partial charge in [-0.1, -0.05) is 13.8 Å². The van der Waals surface area contributed by atoms with Crippen LogP contribution in [0.1, 0.15) is 33.1 Å². The third kappa shape index (κ3) is 5.32. The summed E-state index contributed by atoms with van der Waals surface area (Å²) in [5.74, 6) is 2.13. The van der Waals surface area contributed by atoms with Crippen LogP contribution in [0, 0.1) is 5.92 Å². The lowest BCUT2D eigenvalue weighted by Crippen LogP contribution is -2.20. The van der Waals surface area contributed by atoms with Gasteiger partial charge in [0.25, 0.3) is 10.0 Å². The highest BCUT2D eigenvalue weighted by Gasteiger charge is 2.18. The Kier molecular flexibility index (Phi) is 6.15. The normalized spacial score (nSPS) is 14.6. The van der Waals surface area contributed by atoms with E-state index in [1.54, 1.807) is 18.3 Å². The van der Waals surface area contributed by atoms with Crippen molar-refractivity contribution in [1.29, 1.82) is 0 Å². The molecule has 7 nitrogen and oxygen atoms in total. The maximum Gasteiger partial charge on any atom is 0.263 e. The molecule has 146 valence electrons. The zero-order chi connectivity index (χ0) is 19.3. The maximum absolute atomic E-state index is 12.6. The fraction of sp³-hybridized carbons (Fsp3) is 0.474. The van der Waals surface area contributed by atoms with Gasteiger partial charge in [0, 0.05) is 13.1 Å². The largest absolute Gasteiger partial charge is 0.494 e. The second-order valence-electron chi connectivity index (χ2n) is 7.06. The summed E-state index contributed by atoms with van der Waals surface area (Å²) in [5, 5.41) is 0. The van der Waals surface area contributed by atoms with Gasteiger partial charge in [-0.2, -0.15) is 0 Å². The number of nitrogens with one attached hydrogen (secondary N) is 1. The van der Waals surface area contributed by atoms with Crippen molar-refractivity contribution in [1.82, 2.24) is 9.97 Å². The average Bonchev–Trinajstić information content (AvgIpc) is 3.16. The molecule has 27 heavy (non-hydrogen) atoms. The molecule has 1 aliphatic rings. The number of hydrogen-bond donors (Lipinski definition) is 1. The molecule has 0 amide bonds. The molecule has 2 aromatic rings. The fourth-order valence-corrected chi connectivity index (χ4v) is 3.81. The van der Waals surface area contributed by atoms with Gasteiger partial charge in [0.1, 0.15) is 11.6 Å². The molecule has 8 heteroatoms. The summed E-state index contributed by atoms with van der Waals surface area (Å²) in [6.45, 7) is 6.71. The van der Waals surface area contributed by atoms with E-state index in [-0.39, 0.29) is 10.7 Å². The third-order valence-corrected chi connectivity index (χ3v) is 5.76. The van der Waals surface area contributed by atoms with Crippen LogP contribution in [-0.4, -0.2) is 38.1 Å². The molecule has 3 rings (SSSR count). The second kappa shape index (κ2) is 8.56. The van der Waals surface area contributed by atoms with Crippen molar-refractivity contribution in [3.8, 4) is 5.75 Å². The second-order valence-corrected chi connectivity index (χ2v) is 8.75. The van der Waals surface area contributed by atoms with Crippen molar-refractivity contribution in [3.63, 3.8) is 0 Å². The summed E-state index contributed by atoms with van der Waals surface area (Å²) in [4.78, 5) is 10.8. The molecular weight excluding hydrogens is 364 g/mol. The molecule has 1 aromatic carbocycles. The van der Waals surface area contributed by atoms with Gasteiger partial charge >= 0.3 is 0 Å². The Morgan fingerprint density at radius 2 is 1.85 bits per heavy atom. The van der Waals surface area contributed by atoms with Crippen molar-refractivity contribution in [2.75, 3.05) is 29.3 Å². The van der Waals surface area contributed by atoms with Crippen LogP contribution in [0.4, 0.5) is 11.6 Å². The van der Waals surface area contributed by atoms with Gasteiger partial charge in [-0.05, 0) is 49.4 Å². The molecule has 0 unspecified atom stereocenters. The minimum Gasteiger partial charge on any atom is -0.494 e. The zero-order valence-corrected chi connectivity index (χ0v) is 16.6. The minimum absolute atomic E-state index is 0.159. The molecule has 0 aliphatic carbocycles. The molecule has 0 radical (unpaired) electrons. The van der Waals surface area contributed by atoms with Crippen molar-refractivity contribution in [3.05, 3.63) is 36.7 Å². The Labute approximate surface area is 160 Å². The highest BCUT2D eigenvalue weighted by Crippen LogP contribution is 2.21. The zero-order valence-electron chi connectivity index (χ0n) is 15.8. The molecule has 0 atom stereocenters. The van der Waals surface area contributed by atoms with Gasteiger partial charge in [-0.15, -0.1) is 0 Å². The van der Waals surface area contributed by atoms with Crippen LogP contribution < -0.4 is 14.4 Å². The molecule has 2 heterocycles. The number of sulfonamides is 1. The fourth-order valence-electron chi connectivity index (χ4n) is 2.83.